The molecule has 122 valence electrons. The second-order valence-electron chi connectivity index (χ2n) is 5.33. The van der Waals surface area contributed by atoms with Crippen molar-refractivity contribution >= 4 is 12.0 Å². The lowest BCUT2D eigenvalue weighted by atomic mass is 9.98. The number of nitrogens with zero attached hydrogens (tertiary/aromatic N) is 2. The van der Waals surface area contributed by atoms with E-state index in [0.29, 0.717) is 32.7 Å². The Labute approximate surface area is 127 Å². The summed E-state index contributed by atoms with van der Waals surface area (Å²) < 4.78 is 5.32. The normalized spacial score (nSPS) is 18.6. The van der Waals surface area contributed by atoms with Crippen molar-refractivity contribution in [2.45, 2.75) is 52.0 Å². The van der Waals surface area contributed by atoms with E-state index in [1.807, 2.05) is 18.7 Å². The number of carboxylic acid groups (broad SMARTS) is 1. The molecule has 1 aliphatic rings. The molecule has 1 N–H and O–H groups in total. The van der Waals surface area contributed by atoms with Gasteiger partial charge in [0.2, 0.25) is 0 Å². The molecule has 0 radical (unpaired) electrons. The van der Waals surface area contributed by atoms with Crippen LogP contribution in [0, 0.1) is 0 Å². The van der Waals surface area contributed by atoms with Crippen molar-refractivity contribution in [2.75, 3.05) is 32.8 Å². The first kappa shape index (κ1) is 17.8. The number of likely N-dealkylation sites (N-methyl/N-ethyl adjacent to an activating group) is 1. The van der Waals surface area contributed by atoms with Gasteiger partial charge in [0.05, 0.1) is 6.61 Å². The third-order valence-electron chi connectivity index (χ3n) is 3.93. The molecule has 0 saturated carbocycles. The van der Waals surface area contributed by atoms with Crippen LogP contribution in [0.3, 0.4) is 0 Å². The molecule has 1 rings (SSSR count). The van der Waals surface area contributed by atoms with E-state index in [0.717, 1.165) is 25.8 Å². The Hall–Kier alpha value is -1.30. The number of aliphatic carboxylic acids is 1. The fraction of sp³-hybridized carbons (Fsp3) is 0.867. The minimum absolute atomic E-state index is 0.0206. The van der Waals surface area contributed by atoms with E-state index >= 15 is 0 Å². The Morgan fingerprint density at radius 1 is 1.33 bits per heavy atom. The summed E-state index contributed by atoms with van der Waals surface area (Å²) in [6, 6.07) is 0.0794. The van der Waals surface area contributed by atoms with Crippen molar-refractivity contribution in [2.24, 2.45) is 0 Å². The van der Waals surface area contributed by atoms with Gasteiger partial charge in [-0.2, -0.15) is 0 Å². The Bertz CT molecular complexity index is 336. The van der Waals surface area contributed by atoms with E-state index in [9.17, 15) is 9.59 Å². The highest BCUT2D eigenvalue weighted by Gasteiger charge is 2.29. The SMILES string of the molecule is CCOCCN(CC)C(=O)N1CCCCC1CCC(=O)O. The Morgan fingerprint density at radius 3 is 2.71 bits per heavy atom. The van der Waals surface area contributed by atoms with Crippen LogP contribution in [0.15, 0.2) is 0 Å². The van der Waals surface area contributed by atoms with Gasteiger partial charge in [0.15, 0.2) is 0 Å². The number of carbonyl (C=O) groups excluding carboxylic acids is 1. The molecule has 6 nitrogen and oxygen atoms in total. The number of carboxylic acids is 1. The van der Waals surface area contributed by atoms with Crippen LogP contribution in [0.5, 0.6) is 0 Å². The molecule has 0 aromatic carbocycles. The third kappa shape index (κ3) is 5.91. The second-order valence-corrected chi connectivity index (χ2v) is 5.33. The van der Waals surface area contributed by atoms with E-state index in [-0.39, 0.29) is 18.5 Å². The lowest BCUT2D eigenvalue weighted by Gasteiger charge is -2.38. The predicted molar refractivity (Wildman–Crippen MR) is 80.4 cm³/mol. The van der Waals surface area contributed by atoms with Crippen LogP contribution in [0.4, 0.5) is 4.79 Å². The molecular formula is C15H28N2O4. The van der Waals surface area contributed by atoms with Crippen LogP contribution >= 0.6 is 0 Å². The maximum atomic E-state index is 12.6. The molecule has 6 heteroatoms. The first-order chi connectivity index (χ1) is 10.1. The average molecular weight is 300 g/mol. The molecule has 0 aliphatic carbocycles. The zero-order valence-electron chi connectivity index (χ0n) is 13.2. The predicted octanol–water partition coefficient (Wildman–Crippen LogP) is 2.18. The summed E-state index contributed by atoms with van der Waals surface area (Å²) >= 11 is 0. The molecule has 1 fully saturated rings. The van der Waals surface area contributed by atoms with E-state index < -0.39 is 5.97 Å². The molecule has 1 saturated heterocycles. The quantitative estimate of drug-likeness (QED) is 0.698. The smallest absolute Gasteiger partial charge is 0.320 e. The molecule has 1 atom stereocenters. The zero-order valence-corrected chi connectivity index (χ0v) is 13.2. The number of carbonyl (C=O) groups is 2. The van der Waals surface area contributed by atoms with Crippen molar-refractivity contribution in [1.82, 2.24) is 9.80 Å². The molecule has 0 spiro atoms. The molecule has 0 bridgehead atoms. The zero-order chi connectivity index (χ0) is 15.7. The van der Waals surface area contributed by atoms with Crippen LogP contribution < -0.4 is 0 Å². The van der Waals surface area contributed by atoms with Crippen LogP contribution in [0.25, 0.3) is 0 Å². The summed E-state index contributed by atoms with van der Waals surface area (Å²) in [4.78, 5) is 27.0. The van der Waals surface area contributed by atoms with E-state index in [2.05, 4.69) is 0 Å². The van der Waals surface area contributed by atoms with Gasteiger partial charge in [0.25, 0.3) is 0 Å². The lowest BCUT2D eigenvalue weighted by molar-refractivity contribution is -0.137. The maximum Gasteiger partial charge on any atom is 0.320 e. The number of hydrogen-bond acceptors (Lipinski definition) is 3. The van der Waals surface area contributed by atoms with Crippen LogP contribution in [0.1, 0.15) is 46.0 Å². The summed E-state index contributed by atoms with van der Waals surface area (Å²) in [5, 5.41) is 8.84. The van der Waals surface area contributed by atoms with Crippen molar-refractivity contribution in [3.8, 4) is 0 Å². The first-order valence-electron chi connectivity index (χ1n) is 7.95. The number of rotatable bonds is 8. The Kier molecular flexibility index (Phi) is 8.12. The number of ether oxygens (including phenoxy) is 1. The maximum absolute atomic E-state index is 12.6. The minimum atomic E-state index is -0.795. The summed E-state index contributed by atoms with van der Waals surface area (Å²) in [5.74, 6) is -0.795. The van der Waals surface area contributed by atoms with Gasteiger partial charge < -0.3 is 19.6 Å². The van der Waals surface area contributed by atoms with Gasteiger partial charge >= 0.3 is 12.0 Å². The molecule has 2 amide bonds. The summed E-state index contributed by atoms with van der Waals surface area (Å²) in [7, 11) is 0. The summed E-state index contributed by atoms with van der Waals surface area (Å²) in [6.45, 7) is 7.05. The largest absolute Gasteiger partial charge is 0.481 e. The van der Waals surface area contributed by atoms with Crippen LogP contribution in [-0.2, 0) is 9.53 Å². The van der Waals surface area contributed by atoms with Gasteiger partial charge in [-0.3, -0.25) is 4.79 Å². The van der Waals surface area contributed by atoms with Crippen molar-refractivity contribution < 1.29 is 19.4 Å². The summed E-state index contributed by atoms with van der Waals surface area (Å²) in [5.41, 5.74) is 0. The molecule has 0 aromatic rings. The number of urea groups is 1. The molecule has 1 heterocycles. The average Bonchev–Trinajstić information content (AvgIpc) is 2.49. The number of likely N-dealkylation sites (tertiary alicyclic amines) is 1. The summed E-state index contributed by atoms with van der Waals surface area (Å²) in [6.07, 6.45) is 3.64. The Balaban J connectivity index is 2.58. The number of amides is 2. The first-order valence-corrected chi connectivity index (χ1v) is 7.95. The van der Waals surface area contributed by atoms with Gasteiger partial charge in [-0.25, -0.2) is 4.79 Å². The molecule has 1 unspecified atom stereocenters. The highest BCUT2D eigenvalue weighted by molar-refractivity contribution is 5.75. The Morgan fingerprint density at radius 2 is 2.10 bits per heavy atom. The standard InChI is InChI=1S/C15H28N2O4/c1-3-16(11-12-21-4-2)15(20)17-10-6-5-7-13(17)8-9-14(18)19/h13H,3-12H2,1-2H3,(H,18,19). The van der Waals surface area contributed by atoms with Gasteiger partial charge in [-0.05, 0) is 39.5 Å². The monoisotopic (exact) mass is 300 g/mol. The molecule has 1 aliphatic heterocycles. The molecular weight excluding hydrogens is 272 g/mol. The number of hydrogen-bond donors (Lipinski definition) is 1. The van der Waals surface area contributed by atoms with E-state index in [1.165, 1.54) is 0 Å². The lowest BCUT2D eigenvalue weighted by Crippen LogP contribution is -2.51. The fourth-order valence-electron chi connectivity index (χ4n) is 2.73. The van der Waals surface area contributed by atoms with Gasteiger partial charge in [-0.1, -0.05) is 0 Å². The van der Waals surface area contributed by atoms with Crippen molar-refractivity contribution in [1.29, 1.82) is 0 Å². The van der Waals surface area contributed by atoms with Crippen LogP contribution in [0.2, 0.25) is 0 Å². The highest BCUT2D eigenvalue weighted by atomic mass is 16.5. The van der Waals surface area contributed by atoms with E-state index in [4.69, 9.17) is 9.84 Å². The third-order valence-corrected chi connectivity index (χ3v) is 3.93. The van der Waals surface area contributed by atoms with Crippen LogP contribution in [-0.4, -0.2) is 65.8 Å². The fourth-order valence-corrected chi connectivity index (χ4v) is 2.73. The van der Waals surface area contributed by atoms with Gasteiger partial charge in [0.1, 0.15) is 0 Å². The van der Waals surface area contributed by atoms with Crippen molar-refractivity contribution in [3.63, 3.8) is 0 Å². The second kappa shape index (κ2) is 9.60. The van der Waals surface area contributed by atoms with Crippen molar-refractivity contribution in [3.05, 3.63) is 0 Å². The highest BCUT2D eigenvalue weighted by Crippen LogP contribution is 2.22. The topological polar surface area (TPSA) is 70.1 Å². The molecule has 21 heavy (non-hydrogen) atoms. The minimum Gasteiger partial charge on any atom is -0.481 e. The van der Waals surface area contributed by atoms with Gasteiger partial charge in [-0.15, -0.1) is 0 Å². The molecule has 0 aromatic heterocycles. The number of piperidine rings is 1. The van der Waals surface area contributed by atoms with E-state index in [1.54, 1.807) is 4.90 Å². The van der Waals surface area contributed by atoms with Gasteiger partial charge in [0, 0.05) is 38.7 Å².